The summed E-state index contributed by atoms with van der Waals surface area (Å²) in [7, 11) is 0. The van der Waals surface area contributed by atoms with Crippen LogP contribution in [-0.4, -0.2) is 22.4 Å². The normalized spacial score (nSPS) is 16.9. The van der Waals surface area contributed by atoms with Gasteiger partial charge in [0.05, 0.1) is 5.69 Å². The molecule has 1 aromatic carbocycles. The molecule has 2 aromatic rings. The molecule has 4 nitrogen and oxygen atoms in total. The third-order valence-corrected chi connectivity index (χ3v) is 3.92. The molecule has 0 N–H and O–H groups in total. The Kier molecular flexibility index (Phi) is 3.59. The van der Waals surface area contributed by atoms with E-state index in [2.05, 4.69) is 9.97 Å². The van der Waals surface area contributed by atoms with Crippen molar-refractivity contribution in [2.45, 2.75) is 19.3 Å². The zero-order chi connectivity index (χ0) is 15.0. The Morgan fingerprint density at radius 3 is 2.95 bits per heavy atom. The summed E-state index contributed by atoms with van der Waals surface area (Å²) in [5.41, 5.74) is 1.82. The van der Waals surface area contributed by atoms with Crippen molar-refractivity contribution in [2.24, 2.45) is 0 Å². The predicted molar refractivity (Wildman–Crippen MR) is 78.2 cm³/mol. The summed E-state index contributed by atoms with van der Waals surface area (Å²) in [6.45, 7) is 2.57. The summed E-state index contributed by atoms with van der Waals surface area (Å²) >= 11 is 5.80. The molecule has 0 saturated carbocycles. The molecule has 2 heterocycles. The van der Waals surface area contributed by atoms with Crippen molar-refractivity contribution >= 4 is 23.2 Å². The van der Waals surface area contributed by atoms with Crippen LogP contribution >= 0.6 is 11.6 Å². The minimum atomic E-state index is -0.357. The van der Waals surface area contributed by atoms with Crippen LogP contribution in [0.2, 0.25) is 5.15 Å². The van der Waals surface area contributed by atoms with Gasteiger partial charge in [-0.05, 0) is 24.1 Å². The number of hydrogen-bond acceptors (Lipinski definition) is 3. The highest BCUT2D eigenvalue weighted by molar-refractivity contribution is 6.29. The number of hydrogen-bond donors (Lipinski definition) is 0. The van der Waals surface area contributed by atoms with Crippen molar-refractivity contribution < 1.29 is 9.18 Å². The van der Waals surface area contributed by atoms with Gasteiger partial charge in [0, 0.05) is 18.5 Å². The van der Waals surface area contributed by atoms with Crippen LogP contribution in [0.15, 0.2) is 30.6 Å². The van der Waals surface area contributed by atoms with Gasteiger partial charge >= 0.3 is 0 Å². The molecule has 6 heteroatoms. The SMILES string of the molecule is CCC1CN(C(=O)c2cc(Cl)ncn2)c2cc(F)ccc21. The highest BCUT2D eigenvalue weighted by Crippen LogP contribution is 2.39. The molecule has 0 fully saturated rings. The van der Waals surface area contributed by atoms with Crippen LogP contribution < -0.4 is 4.90 Å². The van der Waals surface area contributed by atoms with Gasteiger partial charge in [-0.1, -0.05) is 24.6 Å². The average molecular weight is 306 g/mol. The first-order valence-electron chi connectivity index (χ1n) is 6.69. The average Bonchev–Trinajstić information content (AvgIpc) is 2.84. The first kappa shape index (κ1) is 13.9. The molecule has 21 heavy (non-hydrogen) atoms. The van der Waals surface area contributed by atoms with Gasteiger partial charge in [0.15, 0.2) is 0 Å². The van der Waals surface area contributed by atoms with Gasteiger partial charge in [-0.3, -0.25) is 4.79 Å². The fourth-order valence-corrected chi connectivity index (χ4v) is 2.79. The van der Waals surface area contributed by atoms with Crippen molar-refractivity contribution in [3.05, 3.63) is 52.8 Å². The van der Waals surface area contributed by atoms with Crippen molar-refractivity contribution in [2.75, 3.05) is 11.4 Å². The quantitative estimate of drug-likeness (QED) is 0.799. The number of aromatic nitrogens is 2. The molecular formula is C15H13ClFN3O. The van der Waals surface area contributed by atoms with Gasteiger partial charge in [-0.15, -0.1) is 0 Å². The highest BCUT2D eigenvalue weighted by Gasteiger charge is 2.32. The van der Waals surface area contributed by atoms with E-state index in [9.17, 15) is 9.18 Å². The number of carbonyl (C=O) groups is 1. The van der Waals surface area contributed by atoms with Gasteiger partial charge < -0.3 is 4.90 Å². The molecule has 0 spiro atoms. The Morgan fingerprint density at radius 1 is 1.43 bits per heavy atom. The molecule has 108 valence electrons. The monoisotopic (exact) mass is 305 g/mol. The van der Waals surface area contributed by atoms with E-state index in [0.717, 1.165) is 12.0 Å². The molecule has 1 aromatic heterocycles. The number of fused-ring (bicyclic) bond motifs is 1. The Hall–Kier alpha value is -2.01. The van der Waals surface area contributed by atoms with Crippen LogP contribution in [0.1, 0.15) is 35.3 Å². The fourth-order valence-electron chi connectivity index (χ4n) is 2.64. The van der Waals surface area contributed by atoms with Crippen LogP contribution in [0, 0.1) is 5.82 Å². The van der Waals surface area contributed by atoms with Gasteiger partial charge in [0.25, 0.3) is 5.91 Å². The minimum absolute atomic E-state index is 0.207. The van der Waals surface area contributed by atoms with Crippen molar-refractivity contribution in [1.29, 1.82) is 0 Å². The zero-order valence-electron chi connectivity index (χ0n) is 11.4. The molecule has 0 saturated heterocycles. The molecule has 1 unspecified atom stereocenters. The lowest BCUT2D eigenvalue weighted by atomic mass is 9.99. The first-order valence-corrected chi connectivity index (χ1v) is 7.06. The van der Waals surface area contributed by atoms with E-state index >= 15 is 0 Å². The van der Waals surface area contributed by atoms with E-state index in [1.54, 1.807) is 11.0 Å². The maximum atomic E-state index is 13.5. The van der Waals surface area contributed by atoms with Crippen LogP contribution in [0.5, 0.6) is 0 Å². The van der Waals surface area contributed by atoms with E-state index in [-0.39, 0.29) is 28.5 Å². The standard InChI is InChI=1S/C15H13ClFN3O/c1-2-9-7-20(13-5-10(17)3-4-11(9)13)15(21)12-6-14(16)19-8-18-12/h3-6,8-9H,2,7H2,1H3. The molecule has 3 rings (SSSR count). The molecule has 1 aliphatic rings. The van der Waals surface area contributed by atoms with Crippen LogP contribution in [0.3, 0.4) is 0 Å². The molecule has 0 radical (unpaired) electrons. The van der Waals surface area contributed by atoms with E-state index in [4.69, 9.17) is 11.6 Å². The van der Waals surface area contributed by atoms with E-state index in [1.165, 1.54) is 24.5 Å². The first-order chi connectivity index (χ1) is 10.1. The summed E-state index contributed by atoms with van der Waals surface area (Å²) in [6.07, 6.45) is 2.13. The molecule has 0 bridgehead atoms. The molecule has 0 aliphatic carbocycles. The Bertz CT molecular complexity index is 707. The number of amides is 1. The lowest BCUT2D eigenvalue weighted by Crippen LogP contribution is -2.30. The lowest BCUT2D eigenvalue weighted by Gasteiger charge is -2.17. The van der Waals surface area contributed by atoms with Gasteiger partial charge in [-0.25, -0.2) is 14.4 Å². The largest absolute Gasteiger partial charge is 0.306 e. The predicted octanol–water partition coefficient (Wildman–Crippen LogP) is 3.42. The van der Waals surface area contributed by atoms with Gasteiger partial charge in [0.1, 0.15) is 23.0 Å². The number of rotatable bonds is 2. The van der Waals surface area contributed by atoms with Gasteiger partial charge in [-0.2, -0.15) is 0 Å². The summed E-state index contributed by atoms with van der Waals surface area (Å²) in [5, 5.41) is 0.207. The minimum Gasteiger partial charge on any atom is -0.306 e. The second-order valence-corrected chi connectivity index (χ2v) is 5.34. The summed E-state index contributed by atoms with van der Waals surface area (Å²) < 4.78 is 13.5. The second kappa shape index (κ2) is 5.41. The molecule has 1 amide bonds. The van der Waals surface area contributed by atoms with Crippen molar-refractivity contribution in [3.63, 3.8) is 0 Å². The lowest BCUT2D eigenvalue weighted by molar-refractivity contribution is 0.0983. The van der Waals surface area contributed by atoms with Crippen LogP contribution in [0.25, 0.3) is 0 Å². The molecule has 1 aliphatic heterocycles. The molecular weight excluding hydrogens is 293 g/mol. The van der Waals surface area contributed by atoms with E-state index in [1.807, 2.05) is 6.92 Å². The number of benzene rings is 1. The maximum Gasteiger partial charge on any atom is 0.277 e. The summed E-state index contributed by atoms with van der Waals surface area (Å²) in [4.78, 5) is 21.9. The topological polar surface area (TPSA) is 46.1 Å². The smallest absolute Gasteiger partial charge is 0.277 e. The Balaban J connectivity index is 2.01. The third kappa shape index (κ3) is 2.49. The Morgan fingerprint density at radius 2 is 2.24 bits per heavy atom. The van der Waals surface area contributed by atoms with Gasteiger partial charge in [0.2, 0.25) is 0 Å². The van der Waals surface area contributed by atoms with Crippen LogP contribution in [-0.2, 0) is 0 Å². The van der Waals surface area contributed by atoms with Crippen molar-refractivity contribution in [1.82, 2.24) is 9.97 Å². The number of anilines is 1. The fraction of sp³-hybridized carbons (Fsp3) is 0.267. The number of halogens is 2. The summed E-state index contributed by atoms with van der Waals surface area (Å²) in [5.74, 6) is -0.437. The maximum absolute atomic E-state index is 13.5. The molecule has 1 atom stereocenters. The van der Waals surface area contributed by atoms with Crippen molar-refractivity contribution in [3.8, 4) is 0 Å². The van der Waals surface area contributed by atoms with Crippen LogP contribution in [0.4, 0.5) is 10.1 Å². The second-order valence-electron chi connectivity index (χ2n) is 4.95. The highest BCUT2D eigenvalue weighted by atomic mass is 35.5. The Labute approximate surface area is 126 Å². The number of nitrogens with zero attached hydrogens (tertiary/aromatic N) is 3. The summed E-state index contributed by atoms with van der Waals surface area (Å²) in [6, 6.07) is 5.99. The third-order valence-electron chi connectivity index (χ3n) is 3.72. The van der Waals surface area contributed by atoms with E-state index in [0.29, 0.717) is 12.2 Å². The zero-order valence-corrected chi connectivity index (χ0v) is 12.1. The van der Waals surface area contributed by atoms with E-state index < -0.39 is 0 Å². The number of carbonyl (C=O) groups excluding carboxylic acids is 1.